The van der Waals surface area contributed by atoms with Gasteiger partial charge in [-0.2, -0.15) is 0 Å². The van der Waals surface area contributed by atoms with E-state index in [9.17, 15) is 4.79 Å². The van der Waals surface area contributed by atoms with E-state index in [4.69, 9.17) is 4.42 Å². The van der Waals surface area contributed by atoms with Crippen molar-refractivity contribution >= 4 is 5.91 Å². The van der Waals surface area contributed by atoms with Crippen molar-refractivity contribution in [1.29, 1.82) is 0 Å². The third-order valence-corrected chi connectivity index (χ3v) is 2.50. The molecule has 0 fully saturated rings. The zero-order valence-corrected chi connectivity index (χ0v) is 9.77. The summed E-state index contributed by atoms with van der Waals surface area (Å²) in [5.74, 6) is 0.213. The van der Waals surface area contributed by atoms with E-state index in [0.717, 1.165) is 12.0 Å². The molecule has 0 aliphatic rings. The average Bonchev–Trinajstić information content (AvgIpc) is 2.77. The summed E-state index contributed by atoms with van der Waals surface area (Å²) in [7, 11) is 0. The number of carbonyl (C=O) groups is 1. The van der Waals surface area contributed by atoms with Gasteiger partial charge in [-0.25, -0.2) is 0 Å². The fourth-order valence-corrected chi connectivity index (χ4v) is 1.60. The zero-order valence-electron chi connectivity index (χ0n) is 9.77. The minimum absolute atomic E-state index is 0.158. The average molecular weight is 229 g/mol. The predicted molar refractivity (Wildman–Crippen MR) is 65.9 cm³/mol. The van der Waals surface area contributed by atoms with Crippen LogP contribution in [0.4, 0.5) is 0 Å². The maximum Gasteiger partial charge on any atom is 0.286 e. The van der Waals surface area contributed by atoms with Gasteiger partial charge in [0, 0.05) is 6.54 Å². The Morgan fingerprint density at radius 2 is 2.06 bits per heavy atom. The summed E-state index contributed by atoms with van der Waals surface area (Å²) in [6, 6.07) is 11.8. The van der Waals surface area contributed by atoms with E-state index in [0.29, 0.717) is 12.3 Å². The Hall–Kier alpha value is -2.03. The molecule has 0 spiro atoms. The van der Waals surface area contributed by atoms with Crippen LogP contribution in [0.25, 0.3) is 0 Å². The molecule has 1 amide bonds. The number of hydrogen-bond donors (Lipinski definition) is 1. The largest absolute Gasteiger partial charge is 0.459 e. The summed E-state index contributed by atoms with van der Waals surface area (Å²) in [6.45, 7) is 2.51. The van der Waals surface area contributed by atoms with Gasteiger partial charge in [0.25, 0.3) is 5.91 Å². The van der Waals surface area contributed by atoms with E-state index in [1.165, 1.54) is 5.56 Å². The minimum atomic E-state index is -0.158. The number of rotatable bonds is 4. The molecular formula is C14H15NO2. The van der Waals surface area contributed by atoms with Crippen LogP contribution < -0.4 is 5.32 Å². The smallest absolute Gasteiger partial charge is 0.286 e. The van der Waals surface area contributed by atoms with Gasteiger partial charge in [-0.15, -0.1) is 0 Å². The first kappa shape index (κ1) is 11.5. The van der Waals surface area contributed by atoms with E-state index in [1.807, 2.05) is 37.3 Å². The summed E-state index contributed by atoms with van der Waals surface area (Å²) in [5, 5.41) is 2.83. The lowest BCUT2D eigenvalue weighted by atomic mass is 10.1. The zero-order chi connectivity index (χ0) is 12.1. The van der Waals surface area contributed by atoms with Crippen molar-refractivity contribution in [2.24, 2.45) is 0 Å². The molecule has 0 radical (unpaired) electrons. The Labute approximate surface area is 100 Å². The number of nitrogens with one attached hydrogen (secondary N) is 1. The Morgan fingerprint density at radius 3 is 2.71 bits per heavy atom. The third-order valence-electron chi connectivity index (χ3n) is 2.50. The first-order valence-corrected chi connectivity index (χ1v) is 5.63. The number of benzene rings is 1. The van der Waals surface area contributed by atoms with Gasteiger partial charge in [-0.3, -0.25) is 4.79 Å². The monoisotopic (exact) mass is 229 g/mol. The molecule has 88 valence electrons. The molecule has 1 aromatic heterocycles. The first-order valence-electron chi connectivity index (χ1n) is 5.63. The number of aryl methyl sites for hydroxylation is 1. The van der Waals surface area contributed by atoms with Crippen LogP contribution in [0.3, 0.4) is 0 Å². The number of carbonyl (C=O) groups excluding carboxylic acids is 1. The van der Waals surface area contributed by atoms with Crippen molar-refractivity contribution < 1.29 is 9.21 Å². The van der Waals surface area contributed by atoms with E-state index in [2.05, 4.69) is 5.32 Å². The van der Waals surface area contributed by atoms with Crippen LogP contribution in [0.15, 0.2) is 47.1 Å². The SMILES string of the molecule is Cc1coc(C(=O)NCCc2ccccc2)c1. The molecular weight excluding hydrogens is 214 g/mol. The van der Waals surface area contributed by atoms with E-state index >= 15 is 0 Å². The molecule has 3 nitrogen and oxygen atoms in total. The quantitative estimate of drug-likeness (QED) is 0.875. The van der Waals surface area contributed by atoms with Crippen molar-refractivity contribution in [2.45, 2.75) is 13.3 Å². The van der Waals surface area contributed by atoms with Crippen LogP contribution in [-0.4, -0.2) is 12.5 Å². The Kier molecular flexibility index (Phi) is 3.60. The highest BCUT2D eigenvalue weighted by Crippen LogP contribution is 2.05. The van der Waals surface area contributed by atoms with Crippen molar-refractivity contribution in [3.05, 3.63) is 59.5 Å². The van der Waals surface area contributed by atoms with E-state index in [1.54, 1.807) is 12.3 Å². The minimum Gasteiger partial charge on any atom is -0.459 e. The van der Waals surface area contributed by atoms with Crippen LogP contribution in [0.5, 0.6) is 0 Å². The van der Waals surface area contributed by atoms with E-state index in [-0.39, 0.29) is 5.91 Å². The highest BCUT2D eigenvalue weighted by atomic mass is 16.3. The number of amides is 1. The van der Waals surface area contributed by atoms with Crippen molar-refractivity contribution in [1.82, 2.24) is 5.32 Å². The van der Waals surface area contributed by atoms with Crippen LogP contribution in [0.2, 0.25) is 0 Å². The molecule has 0 saturated carbocycles. The lowest BCUT2D eigenvalue weighted by Gasteiger charge is -2.03. The molecule has 2 rings (SSSR count). The maximum atomic E-state index is 11.6. The van der Waals surface area contributed by atoms with Gasteiger partial charge in [0.15, 0.2) is 5.76 Å². The molecule has 0 saturated heterocycles. The molecule has 0 unspecified atom stereocenters. The molecule has 0 bridgehead atoms. The second-order valence-electron chi connectivity index (χ2n) is 3.98. The van der Waals surface area contributed by atoms with Gasteiger partial charge in [-0.1, -0.05) is 30.3 Å². The van der Waals surface area contributed by atoms with Gasteiger partial charge in [0.05, 0.1) is 6.26 Å². The second kappa shape index (κ2) is 5.34. The topological polar surface area (TPSA) is 42.2 Å². The summed E-state index contributed by atoms with van der Waals surface area (Å²) in [5.41, 5.74) is 2.17. The molecule has 0 aliphatic carbocycles. The van der Waals surface area contributed by atoms with Gasteiger partial charge in [0.2, 0.25) is 0 Å². The fraction of sp³-hybridized carbons (Fsp3) is 0.214. The van der Waals surface area contributed by atoms with Crippen LogP contribution in [0.1, 0.15) is 21.7 Å². The Bertz CT molecular complexity index is 488. The molecule has 2 aromatic rings. The van der Waals surface area contributed by atoms with Crippen molar-refractivity contribution in [3.8, 4) is 0 Å². The summed E-state index contributed by atoms with van der Waals surface area (Å²) >= 11 is 0. The lowest BCUT2D eigenvalue weighted by molar-refractivity contribution is 0.0926. The number of hydrogen-bond acceptors (Lipinski definition) is 2. The third kappa shape index (κ3) is 3.21. The van der Waals surface area contributed by atoms with Gasteiger partial charge < -0.3 is 9.73 Å². The normalized spacial score (nSPS) is 10.2. The molecule has 3 heteroatoms. The summed E-state index contributed by atoms with van der Waals surface area (Å²) in [6.07, 6.45) is 2.40. The van der Waals surface area contributed by atoms with Crippen LogP contribution >= 0.6 is 0 Å². The highest BCUT2D eigenvalue weighted by Gasteiger charge is 2.08. The van der Waals surface area contributed by atoms with Crippen molar-refractivity contribution in [3.63, 3.8) is 0 Å². The Morgan fingerprint density at radius 1 is 1.29 bits per heavy atom. The lowest BCUT2D eigenvalue weighted by Crippen LogP contribution is -2.25. The van der Waals surface area contributed by atoms with Crippen molar-refractivity contribution in [2.75, 3.05) is 6.54 Å². The second-order valence-corrected chi connectivity index (χ2v) is 3.98. The number of furan rings is 1. The fourth-order valence-electron chi connectivity index (χ4n) is 1.60. The molecule has 1 aromatic carbocycles. The molecule has 1 N–H and O–H groups in total. The van der Waals surface area contributed by atoms with Crippen LogP contribution in [-0.2, 0) is 6.42 Å². The molecule has 17 heavy (non-hydrogen) atoms. The Balaban J connectivity index is 1.81. The van der Waals surface area contributed by atoms with Crippen LogP contribution in [0, 0.1) is 6.92 Å². The van der Waals surface area contributed by atoms with Gasteiger partial charge >= 0.3 is 0 Å². The summed E-state index contributed by atoms with van der Waals surface area (Å²) in [4.78, 5) is 11.6. The predicted octanol–water partition coefficient (Wildman–Crippen LogP) is 2.56. The highest BCUT2D eigenvalue weighted by molar-refractivity contribution is 5.91. The molecule has 0 atom stereocenters. The maximum absolute atomic E-state index is 11.6. The van der Waals surface area contributed by atoms with E-state index < -0.39 is 0 Å². The standard InChI is InChI=1S/C14H15NO2/c1-11-9-13(17-10-11)14(16)15-8-7-12-5-3-2-4-6-12/h2-6,9-10H,7-8H2,1H3,(H,15,16). The van der Waals surface area contributed by atoms with Gasteiger partial charge in [0.1, 0.15) is 0 Å². The molecule has 0 aliphatic heterocycles. The summed E-state index contributed by atoms with van der Waals surface area (Å²) < 4.78 is 5.12. The first-order chi connectivity index (χ1) is 8.25. The van der Waals surface area contributed by atoms with Gasteiger partial charge in [-0.05, 0) is 30.5 Å². The molecule has 1 heterocycles.